The quantitative estimate of drug-likeness (QED) is 0.540. The maximum Gasteiger partial charge on any atom is 0.417 e. The fourth-order valence-electron chi connectivity index (χ4n) is 1.77. The number of nitrogens with one attached hydrogen (secondary N) is 1. The number of ether oxygens (including phenoxy) is 1. The molecule has 1 rings (SSSR count). The number of halogens is 3. The van der Waals surface area contributed by atoms with Crippen LogP contribution < -0.4 is 5.32 Å². The van der Waals surface area contributed by atoms with E-state index in [-0.39, 0.29) is 0 Å². The Kier molecular flexibility index (Phi) is 8.14. The van der Waals surface area contributed by atoms with Crippen LogP contribution >= 0.6 is 11.8 Å². The van der Waals surface area contributed by atoms with Crippen molar-refractivity contribution in [1.29, 1.82) is 0 Å². The number of hydrogen-bond donors (Lipinski definition) is 1. The van der Waals surface area contributed by atoms with E-state index in [1.165, 1.54) is 17.8 Å². The summed E-state index contributed by atoms with van der Waals surface area (Å²) in [5, 5.41) is 3.05. The third-order valence-electron chi connectivity index (χ3n) is 2.92. The van der Waals surface area contributed by atoms with Crippen LogP contribution in [0.1, 0.15) is 30.9 Å². The molecule has 0 bridgehead atoms. The molecule has 0 aliphatic heterocycles. The topological polar surface area (TPSA) is 21.3 Å². The van der Waals surface area contributed by atoms with E-state index in [0.717, 1.165) is 12.8 Å². The minimum Gasteiger partial charge on any atom is -0.383 e. The van der Waals surface area contributed by atoms with Gasteiger partial charge in [-0.25, -0.2) is 0 Å². The van der Waals surface area contributed by atoms with Gasteiger partial charge >= 0.3 is 6.18 Å². The number of hydrogen-bond acceptors (Lipinski definition) is 3. The summed E-state index contributed by atoms with van der Waals surface area (Å²) in [5.41, 5.74) is 0.105. The van der Waals surface area contributed by atoms with E-state index in [1.54, 1.807) is 19.2 Å². The van der Waals surface area contributed by atoms with Gasteiger partial charge in [0.05, 0.1) is 12.2 Å². The first kappa shape index (κ1) is 18.3. The molecule has 1 aromatic rings. The van der Waals surface area contributed by atoms with Crippen molar-refractivity contribution in [2.24, 2.45) is 0 Å². The van der Waals surface area contributed by atoms with Crippen molar-refractivity contribution in [2.45, 2.75) is 37.4 Å². The Morgan fingerprint density at radius 3 is 2.67 bits per heavy atom. The fraction of sp³-hybridized carbons (Fsp3) is 0.600. The summed E-state index contributed by atoms with van der Waals surface area (Å²) in [6.45, 7) is 3.59. The van der Waals surface area contributed by atoms with E-state index < -0.39 is 11.7 Å². The zero-order valence-corrected chi connectivity index (χ0v) is 13.2. The van der Waals surface area contributed by atoms with Gasteiger partial charge in [-0.1, -0.05) is 19.4 Å². The first-order valence-corrected chi connectivity index (χ1v) is 8.00. The second-order valence-corrected chi connectivity index (χ2v) is 5.84. The van der Waals surface area contributed by atoms with Gasteiger partial charge in [0.15, 0.2) is 0 Å². The predicted octanol–water partition coefficient (Wildman–Crippen LogP) is 4.33. The molecule has 1 N–H and O–H groups in total. The molecule has 2 nitrogen and oxygen atoms in total. The Hall–Kier alpha value is -0.720. The molecular formula is C15H22F3NOS. The zero-order chi connectivity index (χ0) is 15.7. The van der Waals surface area contributed by atoms with Crippen molar-refractivity contribution in [1.82, 2.24) is 5.32 Å². The molecule has 6 heteroatoms. The molecule has 0 fully saturated rings. The first-order valence-electron chi connectivity index (χ1n) is 7.01. The van der Waals surface area contributed by atoms with E-state index in [1.807, 2.05) is 6.92 Å². The van der Waals surface area contributed by atoms with Gasteiger partial charge in [-0.15, -0.1) is 11.8 Å². The number of alkyl halides is 3. The van der Waals surface area contributed by atoms with Crippen molar-refractivity contribution in [3.8, 4) is 0 Å². The number of unbranched alkanes of at least 4 members (excludes halogenated alkanes) is 1. The van der Waals surface area contributed by atoms with Gasteiger partial charge in [0.25, 0.3) is 0 Å². The summed E-state index contributed by atoms with van der Waals surface area (Å²) in [6.07, 6.45) is -2.41. The van der Waals surface area contributed by atoms with E-state index in [9.17, 15) is 13.2 Å². The maximum absolute atomic E-state index is 13.1. The summed E-state index contributed by atoms with van der Waals surface area (Å²) < 4.78 is 44.3. The lowest BCUT2D eigenvalue weighted by Gasteiger charge is -2.14. The highest BCUT2D eigenvalue weighted by Crippen LogP contribution is 2.37. The van der Waals surface area contributed by atoms with Crippen molar-refractivity contribution in [3.63, 3.8) is 0 Å². The van der Waals surface area contributed by atoms with Crippen LogP contribution in [0, 0.1) is 0 Å². The van der Waals surface area contributed by atoms with Gasteiger partial charge in [-0.3, -0.25) is 0 Å². The van der Waals surface area contributed by atoms with Crippen LogP contribution in [-0.2, 0) is 17.5 Å². The summed E-state index contributed by atoms with van der Waals surface area (Å²) in [7, 11) is 1.59. The molecule has 21 heavy (non-hydrogen) atoms. The van der Waals surface area contributed by atoms with Crippen LogP contribution in [0.3, 0.4) is 0 Å². The second kappa shape index (κ2) is 9.33. The van der Waals surface area contributed by atoms with Crippen LogP contribution in [0.4, 0.5) is 13.2 Å². The zero-order valence-electron chi connectivity index (χ0n) is 12.4. The minimum absolute atomic E-state index is 0.316. The average Bonchev–Trinajstić information content (AvgIpc) is 2.44. The molecule has 0 aliphatic carbocycles. The Labute approximate surface area is 128 Å². The second-order valence-electron chi connectivity index (χ2n) is 4.70. The highest BCUT2D eigenvalue weighted by Gasteiger charge is 2.33. The standard InChI is InChI=1S/C15H22F3NOS/c1-3-4-9-21-14-6-5-12(11-19-7-8-20-2)10-13(14)15(16,17)18/h5-6,10,19H,3-4,7-9,11H2,1-2H3. The molecule has 0 aromatic heterocycles. The third kappa shape index (κ3) is 6.72. The molecule has 0 atom stereocenters. The lowest BCUT2D eigenvalue weighted by atomic mass is 10.1. The van der Waals surface area contributed by atoms with E-state index in [4.69, 9.17) is 4.74 Å². The Bertz CT molecular complexity index is 424. The first-order chi connectivity index (χ1) is 9.99. The summed E-state index contributed by atoms with van der Waals surface area (Å²) in [5.74, 6) is 0.713. The molecule has 0 unspecified atom stereocenters. The Morgan fingerprint density at radius 1 is 1.29 bits per heavy atom. The van der Waals surface area contributed by atoms with E-state index in [0.29, 0.717) is 35.9 Å². The van der Waals surface area contributed by atoms with Crippen LogP contribution in [0.2, 0.25) is 0 Å². The summed E-state index contributed by atoms with van der Waals surface area (Å²) in [6, 6.07) is 4.58. The van der Waals surface area contributed by atoms with Crippen LogP contribution in [0.25, 0.3) is 0 Å². The summed E-state index contributed by atoms with van der Waals surface area (Å²) in [4.78, 5) is 0.316. The number of methoxy groups -OCH3 is 1. The van der Waals surface area contributed by atoms with E-state index in [2.05, 4.69) is 5.32 Å². The largest absolute Gasteiger partial charge is 0.417 e. The van der Waals surface area contributed by atoms with Gasteiger partial charge in [0.1, 0.15) is 0 Å². The lowest BCUT2D eigenvalue weighted by molar-refractivity contribution is -0.139. The number of thioether (sulfide) groups is 1. The molecule has 0 heterocycles. The molecule has 0 spiro atoms. The predicted molar refractivity (Wildman–Crippen MR) is 80.7 cm³/mol. The number of rotatable bonds is 9. The van der Waals surface area contributed by atoms with Gasteiger partial charge in [0.2, 0.25) is 0 Å². The monoisotopic (exact) mass is 321 g/mol. The van der Waals surface area contributed by atoms with Gasteiger partial charge < -0.3 is 10.1 Å². The molecule has 0 aliphatic rings. The smallest absolute Gasteiger partial charge is 0.383 e. The lowest BCUT2D eigenvalue weighted by Crippen LogP contribution is -2.19. The summed E-state index contributed by atoms with van der Waals surface area (Å²) >= 11 is 1.28. The molecule has 0 radical (unpaired) electrons. The van der Waals surface area contributed by atoms with Crippen LogP contribution in [0.5, 0.6) is 0 Å². The van der Waals surface area contributed by atoms with Crippen LogP contribution in [-0.4, -0.2) is 26.0 Å². The maximum atomic E-state index is 13.1. The van der Waals surface area contributed by atoms with Gasteiger partial charge in [-0.2, -0.15) is 13.2 Å². The average molecular weight is 321 g/mol. The van der Waals surface area contributed by atoms with Crippen molar-refractivity contribution >= 4 is 11.8 Å². The molecular weight excluding hydrogens is 299 g/mol. The van der Waals surface area contributed by atoms with Crippen molar-refractivity contribution < 1.29 is 17.9 Å². The minimum atomic E-state index is -4.31. The highest BCUT2D eigenvalue weighted by atomic mass is 32.2. The SMILES string of the molecule is CCCCSc1ccc(CNCCOC)cc1C(F)(F)F. The van der Waals surface area contributed by atoms with Gasteiger partial charge in [-0.05, 0) is 29.9 Å². The van der Waals surface area contributed by atoms with Crippen molar-refractivity contribution in [3.05, 3.63) is 29.3 Å². The number of benzene rings is 1. The molecule has 0 amide bonds. The molecule has 0 saturated carbocycles. The Balaban J connectivity index is 2.76. The highest BCUT2D eigenvalue weighted by molar-refractivity contribution is 7.99. The molecule has 1 aromatic carbocycles. The van der Waals surface area contributed by atoms with Gasteiger partial charge in [0, 0.05) is 25.1 Å². The molecule has 120 valence electrons. The van der Waals surface area contributed by atoms with Crippen molar-refractivity contribution in [2.75, 3.05) is 26.0 Å². The van der Waals surface area contributed by atoms with Crippen LogP contribution in [0.15, 0.2) is 23.1 Å². The normalized spacial score (nSPS) is 11.9. The molecule has 0 saturated heterocycles. The fourth-order valence-corrected chi connectivity index (χ4v) is 2.92. The Morgan fingerprint density at radius 2 is 2.05 bits per heavy atom. The van der Waals surface area contributed by atoms with E-state index >= 15 is 0 Å². The third-order valence-corrected chi connectivity index (χ3v) is 4.08.